The van der Waals surface area contributed by atoms with Gasteiger partial charge in [0.05, 0.1) is 27.3 Å². The normalized spacial score (nSPS) is 11.8. The first-order valence-corrected chi connectivity index (χ1v) is 18.7. The van der Waals surface area contributed by atoms with Crippen molar-refractivity contribution in [3.63, 3.8) is 0 Å². The molecule has 11 heteroatoms. The summed E-state index contributed by atoms with van der Waals surface area (Å²) in [5, 5.41) is 15.4. The fraction of sp³-hybridized carbons (Fsp3) is 0.103. The molecule has 1 atom stereocenters. The molecule has 0 aliphatic heterocycles. The number of rotatable bonds is 12. The first-order valence-electron chi connectivity index (χ1n) is 16.0. The molecular weight excluding hydrogens is 681 g/mol. The maximum Gasteiger partial charge on any atom is 0.237 e. The van der Waals surface area contributed by atoms with Gasteiger partial charge in [0, 0.05) is 16.9 Å². The lowest BCUT2D eigenvalue weighted by atomic mass is 9.99. The fourth-order valence-corrected chi connectivity index (χ4v) is 8.20. The van der Waals surface area contributed by atoms with Crippen LogP contribution in [-0.4, -0.2) is 42.6 Å². The maximum atomic E-state index is 13.4. The van der Waals surface area contributed by atoms with Gasteiger partial charge in [-0.2, -0.15) is 0 Å². The fourth-order valence-electron chi connectivity index (χ4n) is 5.41. The zero-order valence-corrected chi connectivity index (χ0v) is 29.4. The van der Waals surface area contributed by atoms with Gasteiger partial charge in [0.1, 0.15) is 0 Å². The molecular formula is C39H32N6O2S3. The van der Waals surface area contributed by atoms with Gasteiger partial charge in [-0.15, -0.1) is 21.5 Å². The SMILES string of the molecule is C[C@H](Sc1nnc(-c2ccccc2)n1-c1ccccc1)C(=O)Nc1ccc2nc(SCC(=O)NC(c3ccccc3)c3ccccc3)sc2c1. The summed E-state index contributed by atoms with van der Waals surface area (Å²) in [6.45, 7) is 1.86. The van der Waals surface area contributed by atoms with Crippen LogP contribution in [0.25, 0.3) is 27.3 Å². The molecule has 0 saturated carbocycles. The summed E-state index contributed by atoms with van der Waals surface area (Å²) in [6.07, 6.45) is 0. The second kappa shape index (κ2) is 15.5. The Morgan fingerprint density at radius 3 is 2.06 bits per heavy atom. The van der Waals surface area contributed by atoms with Gasteiger partial charge in [-0.25, -0.2) is 4.98 Å². The summed E-state index contributed by atoms with van der Waals surface area (Å²) in [6, 6.07) is 45.1. The van der Waals surface area contributed by atoms with Gasteiger partial charge in [-0.1, -0.05) is 133 Å². The van der Waals surface area contributed by atoms with Gasteiger partial charge in [0.25, 0.3) is 0 Å². The molecule has 0 bridgehead atoms. The molecule has 0 aliphatic carbocycles. The van der Waals surface area contributed by atoms with Crippen LogP contribution in [0, 0.1) is 0 Å². The highest BCUT2D eigenvalue weighted by atomic mass is 32.2. The molecule has 0 fully saturated rings. The molecule has 2 aromatic heterocycles. The molecule has 7 rings (SSSR count). The van der Waals surface area contributed by atoms with Gasteiger partial charge >= 0.3 is 0 Å². The summed E-state index contributed by atoms with van der Waals surface area (Å²) >= 11 is 4.25. The molecule has 2 heterocycles. The van der Waals surface area contributed by atoms with Crippen LogP contribution in [0.5, 0.6) is 0 Å². The Morgan fingerprint density at radius 1 is 0.780 bits per heavy atom. The van der Waals surface area contributed by atoms with Crippen LogP contribution in [0.3, 0.4) is 0 Å². The standard InChI is InChI=1S/C39H32N6O2S3/c1-26(49-38-44-43-36(29-18-10-4-11-19-29)45(38)31-20-12-5-13-21-31)37(47)40-30-22-23-32-33(24-30)50-39(41-32)48-25-34(46)42-35(27-14-6-2-7-15-27)28-16-8-3-9-17-28/h2-24,26,35H,25H2,1H3,(H,40,47)(H,42,46)/t26-/m0/s1. The third-order valence-corrected chi connectivity index (χ3v) is 11.1. The number of benzene rings is 5. The Labute approximate surface area is 302 Å². The molecule has 0 radical (unpaired) electrons. The molecule has 50 heavy (non-hydrogen) atoms. The van der Waals surface area contributed by atoms with Crippen LogP contribution >= 0.6 is 34.9 Å². The summed E-state index contributed by atoms with van der Waals surface area (Å²) in [5.74, 6) is 0.708. The van der Waals surface area contributed by atoms with Crippen LogP contribution in [0.15, 0.2) is 149 Å². The van der Waals surface area contributed by atoms with Crippen molar-refractivity contribution in [2.45, 2.75) is 27.7 Å². The molecule has 0 aliphatic rings. The van der Waals surface area contributed by atoms with Crippen LogP contribution in [0.1, 0.15) is 24.1 Å². The molecule has 0 unspecified atom stereocenters. The van der Waals surface area contributed by atoms with Gasteiger partial charge < -0.3 is 10.6 Å². The first kappa shape index (κ1) is 33.3. The topological polar surface area (TPSA) is 102 Å². The predicted octanol–water partition coefficient (Wildman–Crippen LogP) is 8.66. The number of anilines is 1. The van der Waals surface area contributed by atoms with Crippen LogP contribution in [-0.2, 0) is 9.59 Å². The van der Waals surface area contributed by atoms with E-state index in [-0.39, 0.29) is 23.6 Å². The van der Waals surface area contributed by atoms with Crippen molar-refractivity contribution < 1.29 is 9.59 Å². The molecule has 8 nitrogen and oxygen atoms in total. The highest BCUT2D eigenvalue weighted by Crippen LogP contribution is 2.33. The van der Waals surface area contributed by atoms with E-state index in [1.807, 2.05) is 151 Å². The lowest BCUT2D eigenvalue weighted by molar-refractivity contribution is -0.119. The second-order valence-electron chi connectivity index (χ2n) is 11.4. The quantitative estimate of drug-likeness (QED) is 0.122. The van der Waals surface area contributed by atoms with E-state index in [0.29, 0.717) is 16.7 Å². The zero-order valence-electron chi connectivity index (χ0n) is 27.0. The second-order valence-corrected chi connectivity index (χ2v) is 14.9. The number of nitrogens with one attached hydrogen (secondary N) is 2. The number of nitrogens with zero attached hydrogens (tertiary/aromatic N) is 4. The molecule has 0 saturated heterocycles. The van der Waals surface area contributed by atoms with E-state index in [9.17, 15) is 9.59 Å². The van der Waals surface area contributed by atoms with Gasteiger partial charge in [-0.3, -0.25) is 14.2 Å². The van der Waals surface area contributed by atoms with Crippen molar-refractivity contribution in [2.75, 3.05) is 11.1 Å². The summed E-state index contributed by atoms with van der Waals surface area (Å²) in [5.41, 5.74) is 5.39. The number of thioether (sulfide) groups is 2. The number of hydrogen-bond donors (Lipinski definition) is 2. The van der Waals surface area contributed by atoms with Crippen LogP contribution < -0.4 is 10.6 Å². The number of carbonyl (C=O) groups excluding carboxylic acids is 2. The van der Waals surface area contributed by atoms with Crippen LogP contribution in [0.2, 0.25) is 0 Å². The van der Waals surface area contributed by atoms with Crippen molar-refractivity contribution >= 4 is 62.6 Å². The van der Waals surface area contributed by atoms with Gasteiger partial charge in [0.15, 0.2) is 15.3 Å². The molecule has 248 valence electrons. The van der Waals surface area contributed by atoms with Gasteiger partial charge in [-0.05, 0) is 48.4 Å². The van der Waals surface area contributed by atoms with E-state index in [0.717, 1.165) is 36.9 Å². The number of aromatic nitrogens is 4. The van der Waals surface area contributed by atoms with E-state index in [1.165, 1.54) is 34.9 Å². The maximum absolute atomic E-state index is 13.4. The molecule has 0 spiro atoms. The van der Waals surface area contributed by atoms with Crippen molar-refractivity contribution in [1.29, 1.82) is 0 Å². The highest BCUT2D eigenvalue weighted by molar-refractivity contribution is 8.01. The number of hydrogen-bond acceptors (Lipinski definition) is 8. The van der Waals surface area contributed by atoms with Crippen molar-refractivity contribution in [3.05, 3.63) is 151 Å². The Morgan fingerprint density at radius 2 is 1.40 bits per heavy atom. The Bertz CT molecular complexity index is 2170. The van der Waals surface area contributed by atoms with Crippen molar-refractivity contribution in [3.8, 4) is 17.1 Å². The smallest absolute Gasteiger partial charge is 0.237 e. The lowest BCUT2D eigenvalue weighted by Gasteiger charge is -2.19. The Hall–Kier alpha value is -5.23. The van der Waals surface area contributed by atoms with E-state index >= 15 is 0 Å². The van der Waals surface area contributed by atoms with E-state index in [1.54, 1.807) is 0 Å². The molecule has 2 N–H and O–H groups in total. The Kier molecular flexibility index (Phi) is 10.3. The Balaban J connectivity index is 1.000. The van der Waals surface area contributed by atoms with Crippen molar-refractivity contribution in [2.24, 2.45) is 0 Å². The largest absolute Gasteiger partial charge is 0.344 e. The van der Waals surface area contributed by atoms with Crippen LogP contribution in [0.4, 0.5) is 5.69 Å². The third-order valence-electron chi connectivity index (χ3n) is 7.87. The minimum atomic E-state index is -0.456. The summed E-state index contributed by atoms with van der Waals surface area (Å²) in [7, 11) is 0. The van der Waals surface area contributed by atoms with E-state index < -0.39 is 5.25 Å². The third kappa shape index (κ3) is 7.81. The first-order chi connectivity index (χ1) is 24.5. The minimum absolute atomic E-state index is 0.0783. The zero-order chi connectivity index (χ0) is 34.3. The predicted molar refractivity (Wildman–Crippen MR) is 204 cm³/mol. The molecule has 5 aromatic carbocycles. The van der Waals surface area contributed by atoms with Gasteiger partial charge in [0.2, 0.25) is 11.8 Å². The lowest BCUT2D eigenvalue weighted by Crippen LogP contribution is -2.30. The number of carbonyl (C=O) groups is 2. The van der Waals surface area contributed by atoms with Crippen molar-refractivity contribution in [1.82, 2.24) is 25.1 Å². The van der Waals surface area contributed by atoms with E-state index in [2.05, 4.69) is 20.8 Å². The monoisotopic (exact) mass is 712 g/mol. The summed E-state index contributed by atoms with van der Waals surface area (Å²) in [4.78, 5) is 31.2. The van der Waals surface area contributed by atoms with E-state index in [4.69, 9.17) is 4.98 Å². The molecule has 7 aromatic rings. The summed E-state index contributed by atoms with van der Waals surface area (Å²) < 4.78 is 3.69. The average Bonchev–Trinajstić information content (AvgIpc) is 3.78. The number of para-hydroxylation sites is 1. The number of amides is 2. The number of fused-ring (bicyclic) bond motifs is 1. The average molecular weight is 713 g/mol. The molecule has 2 amide bonds. The number of thiazole rings is 1. The minimum Gasteiger partial charge on any atom is -0.344 e. The highest BCUT2D eigenvalue weighted by Gasteiger charge is 2.23.